The number of rotatable bonds is 6. The van der Waals surface area contributed by atoms with Gasteiger partial charge in [-0.15, -0.1) is 6.58 Å². The predicted octanol–water partition coefficient (Wildman–Crippen LogP) is 2.57. The molecule has 0 atom stereocenters. The molecule has 0 radical (unpaired) electrons. The van der Waals surface area contributed by atoms with Crippen LogP contribution >= 0.6 is 0 Å². The Balaban J connectivity index is 2.21. The van der Waals surface area contributed by atoms with Crippen molar-refractivity contribution < 1.29 is 14.3 Å². The molecule has 126 valence electrons. The molecule has 0 aliphatic rings. The molecule has 1 aromatic carbocycles. The fraction of sp³-hybridized carbons (Fsp3) is 0.158. The van der Waals surface area contributed by atoms with Gasteiger partial charge in [0.2, 0.25) is 0 Å². The molecular formula is C19H17N3O3. The van der Waals surface area contributed by atoms with Gasteiger partial charge < -0.3 is 9.64 Å². The minimum Gasteiger partial charge on any atom is -0.465 e. The first-order valence-corrected chi connectivity index (χ1v) is 7.52. The zero-order valence-electron chi connectivity index (χ0n) is 13.8. The van der Waals surface area contributed by atoms with Crippen molar-refractivity contribution in [3.63, 3.8) is 0 Å². The summed E-state index contributed by atoms with van der Waals surface area (Å²) >= 11 is 0. The summed E-state index contributed by atoms with van der Waals surface area (Å²) in [6, 6.07) is 12.1. The maximum atomic E-state index is 12.7. The molecule has 0 N–H and O–H groups in total. The van der Waals surface area contributed by atoms with Crippen LogP contribution in [0.1, 0.15) is 32.0 Å². The van der Waals surface area contributed by atoms with Gasteiger partial charge in [-0.2, -0.15) is 5.26 Å². The molecule has 0 unspecified atom stereocenters. The van der Waals surface area contributed by atoms with Crippen LogP contribution in [-0.4, -0.2) is 35.4 Å². The lowest BCUT2D eigenvalue weighted by Crippen LogP contribution is -2.31. The monoisotopic (exact) mass is 335 g/mol. The van der Waals surface area contributed by atoms with Gasteiger partial charge in [-0.3, -0.25) is 9.78 Å². The second-order valence-corrected chi connectivity index (χ2v) is 5.21. The first kappa shape index (κ1) is 17.9. The van der Waals surface area contributed by atoms with E-state index in [2.05, 4.69) is 22.4 Å². The van der Waals surface area contributed by atoms with Crippen molar-refractivity contribution in [2.75, 3.05) is 13.7 Å². The second-order valence-electron chi connectivity index (χ2n) is 5.21. The molecule has 6 nitrogen and oxygen atoms in total. The minimum absolute atomic E-state index is 0.214. The van der Waals surface area contributed by atoms with E-state index in [-0.39, 0.29) is 17.2 Å². The van der Waals surface area contributed by atoms with Crippen LogP contribution in [0, 0.1) is 11.3 Å². The van der Waals surface area contributed by atoms with Crippen molar-refractivity contribution in [3.05, 3.63) is 77.6 Å². The third-order valence-corrected chi connectivity index (χ3v) is 3.47. The maximum absolute atomic E-state index is 12.7. The lowest BCUT2D eigenvalue weighted by atomic mass is 10.1. The Morgan fingerprint density at radius 3 is 2.76 bits per heavy atom. The lowest BCUT2D eigenvalue weighted by Gasteiger charge is -2.21. The van der Waals surface area contributed by atoms with E-state index in [0.717, 1.165) is 5.56 Å². The molecule has 25 heavy (non-hydrogen) atoms. The highest BCUT2D eigenvalue weighted by atomic mass is 16.5. The van der Waals surface area contributed by atoms with Crippen LogP contribution in [0.2, 0.25) is 0 Å². The third kappa shape index (κ3) is 4.52. The molecule has 0 aliphatic heterocycles. The maximum Gasteiger partial charge on any atom is 0.339 e. The highest BCUT2D eigenvalue weighted by Gasteiger charge is 2.17. The fourth-order valence-electron chi connectivity index (χ4n) is 2.26. The Labute approximate surface area is 146 Å². The fourth-order valence-corrected chi connectivity index (χ4v) is 2.26. The third-order valence-electron chi connectivity index (χ3n) is 3.47. The Morgan fingerprint density at radius 2 is 2.16 bits per heavy atom. The van der Waals surface area contributed by atoms with Gasteiger partial charge in [0.05, 0.1) is 24.3 Å². The van der Waals surface area contributed by atoms with Gasteiger partial charge in [-0.25, -0.2) is 4.79 Å². The lowest BCUT2D eigenvalue weighted by molar-refractivity contribution is 0.0599. The standard InChI is InChI=1S/C19H17N3O3/c1-3-9-22(13-15-6-4-5-14(10-15)11-20)18(23)17-8-7-16(12-21-17)19(24)25-2/h3-8,10,12H,1,9,13H2,2H3. The van der Waals surface area contributed by atoms with Gasteiger partial charge in [0, 0.05) is 19.3 Å². The van der Waals surface area contributed by atoms with Gasteiger partial charge in [-0.05, 0) is 29.8 Å². The Kier molecular flexibility index (Phi) is 6.02. The van der Waals surface area contributed by atoms with Crippen molar-refractivity contribution in [2.24, 2.45) is 0 Å². The molecule has 2 aromatic rings. The average Bonchev–Trinajstić information content (AvgIpc) is 2.66. The van der Waals surface area contributed by atoms with Crippen molar-refractivity contribution in [3.8, 4) is 6.07 Å². The number of carbonyl (C=O) groups excluding carboxylic acids is 2. The number of nitrogens with zero attached hydrogens (tertiary/aromatic N) is 3. The highest BCUT2D eigenvalue weighted by molar-refractivity contribution is 5.94. The van der Waals surface area contributed by atoms with E-state index in [1.807, 2.05) is 6.07 Å². The van der Waals surface area contributed by atoms with Gasteiger partial charge in [0.25, 0.3) is 5.91 Å². The van der Waals surface area contributed by atoms with Gasteiger partial charge in [0.1, 0.15) is 5.69 Å². The predicted molar refractivity (Wildman–Crippen MR) is 91.7 cm³/mol. The number of esters is 1. The Bertz CT molecular complexity index is 823. The average molecular weight is 335 g/mol. The van der Waals surface area contributed by atoms with E-state index < -0.39 is 5.97 Å². The molecule has 0 fully saturated rings. The van der Waals surface area contributed by atoms with E-state index >= 15 is 0 Å². The van der Waals surface area contributed by atoms with Crippen LogP contribution in [0.15, 0.2) is 55.3 Å². The summed E-state index contributed by atoms with van der Waals surface area (Å²) in [6.45, 7) is 4.32. The molecule has 0 bridgehead atoms. The van der Waals surface area contributed by atoms with Crippen molar-refractivity contribution in [1.82, 2.24) is 9.88 Å². The topological polar surface area (TPSA) is 83.3 Å². The van der Waals surface area contributed by atoms with E-state index in [1.165, 1.54) is 25.4 Å². The first-order chi connectivity index (χ1) is 12.1. The van der Waals surface area contributed by atoms with Gasteiger partial charge >= 0.3 is 5.97 Å². The summed E-state index contributed by atoms with van der Waals surface area (Å²) in [5.41, 5.74) is 1.85. The largest absolute Gasteiger partial charge is 0.465 e. The summed E-state index contributed by atoms with van der Waals surface area (Å²) in [6.07, 6.45) is 2.93. The second kappa shape index (κ2) is 8.41. The number of hydrogen-bond donors (Lipinski definition) is 0. The van der Waals surface area contributed by atoms with Crippen LogP contribution in [0.4, 0.5) is 0 Å². The van der Waals surface area contributed by atoms with Crippen LogP contribution < -0.4 is 0 Å². The minimum atomic E-state index is -0.511. The number of benzene rings is 1. The van der Waals surface area contributed by atoms with Crippen LogP contribution in [0.3, 0.4) is 0 Å². The van der Waals surface area contributed by atoms with Crippen LogP contribution in [-0.2, 0) is 11.3 Å². The van der Waals surface area contributed by atoms with Crippen molar-refractivity contribution >= 4 is 11.9 Å². The summed E-state index contributed by atoms with van der Waals surface area (Å²) in [5.74, 6) is -0.804. The molecule has 1 amide bonds. The molecular weight excluding hydrogens is 318 g/mol. The van der Waals surface area contributed by atoms with Crippen molar-refractivity contribution in [2.45, 2.75) is 6.54 Å². The molecule has 0 saturated carbocycles. The van der Waals surface area contributed by atoms with E-state index in [9.17, 15) is 9.59 Å². The first-order valence-electron chi connectivity index (χ1n) is 7.52. The van der Waals surface area contributed by atoms with E-state index in [4.69, 9.17) is 5.26 Å². The van der Waals surface area contributed by atoms with Gasteiger partial charge in [0.15, 0.2) is 0 Å². The number of nitriles is 1. The summed E-state index contributed by atoms with van der Waals surface area (Å²) in [4.78, 5) is 29.7. The molecule has 0 spiro atoms. The number of pyridine rings is 1. The Morgan fingerprint density at radius 1 is 1.36 bits per heavy atom. The number of amides is 1. The molecule has 1 heterocycles. The SMILES string of the molecule is C=CCN(Cc1cccc(C#N)c1)C(=O)c1ccc(C(=O)OC)cn1. The number of ether oxygens (including phenoxy) is 1. The Hall–Kier alpha value is -3.46. The quantitative estimate of drug-likeness (QED) is 0.598. The number of methoxy groups -OCH3 is 1. The zero-order valence-corrected chi connectivity index (χ0v) is 13.8. The molecule has 2 rings (SSSR count). The van der Waals surface area contributed by atoms with Crippen LogP contribution in [0.25, 0.3) is 0 Å². The van der Waals surface area contributed by atoms with Crippen molar-refractivity contribution in [1.29, 1.82) is 5.26 Å². The normalized spacial score (nSPS) is 9.76. The number of hydrogen-bond acceptors (Lipinski definition) is 5. The molecule has 1 aromatic heterocycles. The van der Waals surface area contributed by atoms with Gasteiger partial charge in [-0.1, -0.05) is 18.2 Å². The molecule has 0 saturated heterocycles. The zero-order chi connectivity index (χ0) is 18.2. The summed E-state index contributed by atoms with van der Waals surface area (Å²) in [5, 5.41) is 8.98. The number of carbonyl (C=O) groups is 2. The number of aromatic nitrogens is 1. The van der Waals surface area contributed by atoms with Crippen LogP contribution in [0.5, 0.6) is 0 Å². The molecule has 6 heteroatoms. The highest BCUT2D eigenvalue weighted by Crippen LogP contribution is 2.11. The van der Waals surface area contributed by atoms with E-state index in [1.54, 1.807) is 29.2 Å². The molecule has 0 aliphatic carbocycles. The summed E-state index contributed by atoms with van der Waals surface area (Å²) < 4.78 is 4.61. The smallest absolute Gasteiger partial charge is 0.339 e. The van der Waals surface area contributed by atoms with E-state index in [0.29, 0.717) is 18.7 Å². The summed E-state index contributed by atoms with van der Waals surface area (Å²) in [7, 11) is 1.28.